The zero-order chi connectivity index (χ0) is 31.5. The van der Waals surface area contributed by atoms with Crippen molar-refractivity contribution in [1.82, 2.24) is 10.2 Å². The van der Waals surface area contributed by atoms with Crippen molar-refractivity contribution in [2.24, 2.45) is 0 Å². The average Bonchev–Trinajstić information content (AvgIpc) is 3.73. The largest absolute Gasteiger partial charge is 0.507 e. The van der Waals surface area contributed by atoms with Gasteiger partial charge in [-0.2, -0.15) is 0 Å². The minimum absolute atomic E-state index is 0.00546. The summed E-state index contributed by atoms with van der Waals surface area (Å²) < 4.78 is 26.5. The Morgan fingerprint density at radius 3 is 2.78 bits per heavy atom. The molecular weight excluding hydrogens is 614 g/mol. The van der Waals surface area contributed by atoms with Crippen molar-refractivity contribution in [2.75, 3.05) is 11.5 Å². The van der Waals surface area contributed by atoms with E-state index in [1.807, 2.05) is 13.0 Å². The van der Waals surface area contributed by atoms with Gasteiger partial charge in [0, 0.05) is 17.7 Å². The topological polar surface area (TPSA) is 102 Å². The molecule has 4 aromatic rings. The molecule has 2 aliphatic rings. The number of thioether (sulfide) groups is 1. The summed E-state index contributed by atoms with van der Waals surface area (Å²) in [6, 6.07) is 18.0. The van der Waals surface area contributed by atoms with Crippen LogP contribution in [0, 0.1) is 5.82 Å². The third-order valence-electron chi connectivity index (χ3n) is 7.72. The second kappa shape index (κ2) is 13.4. The van der Waals surface area contributed by atoms with E-state index >= 15 is 0 Å². The molecule has 3 aromatic carbocycles. The van der Waals surface area contributed by atoms with Gasteiger partial charge in [-0.25, -0.2) is 4.39 Å². The molecule has 0 bridgehead atoms. The van der Waals surface area contributed by atoms with Gasteiger partial charge in [-0.15, -0.1) is 10.2 Å². The van der Waals surface area contributed by atoms with E-state index in [9.17, 15) is 19.1 Å². The van der Waals surface area contributed by atoms with Crippen molar-refractivity contribution in [3.05, 3.63) is 100 Å². The summed E-state index contributed by atoms with van der Waals surface area (Å²) in [5.74, 6) is -0.597. The molecule has 3 heterocycles. The summed E-state index contributed by atoms with van der Waals surface area (Å²) in [6.07, 6.45) is 3.68. The first-order valence-electron chi connectivity index (χ1n) is 14.9. The molecule has 1 saturated heterocycles. The van der Waals surface area contributed by atoms with Crippen molar-refractivity contribution in [3.8, 4) is 11.5 Å². The normalized spacial score (nSPS) is 18.7. The summed E-state index contributed by atoms with van der Waals surface area (Å²) in [7, 11) is 0. The number of unbranched alkanes of at least 4 members (excludes halogenated alkanes) is 2. The Hall–Kier alpha value is -4.22. The van der Waals surface area contributed by atoms with Gasteiger partial charge in [0.15, 0.2) is 4.34 Å². The molecule has 232 valence electrons. The van der Waals surface area contributed by atoms with Crippen molar-refractivity contribution in [1.29, 1.82) is 0 Å². The number of ketones is 1. The third kappa shape index (κ3) is 6.46. The number of amides is 1. The van der Waals surface area contributed by atoms with Gasteiger partial charge in [-0.3, -0.25) is 14.5 Å². The number of hydrogen-bond acceptors (Lipinski definition) is 9. The Labute approximate surface area is 268 Å². The molecule has 1 N–H and O–H groups in total. The van der Waals surface area contributed by atoms with Crippen LogP contribution < -0.4 is 14.4 Å². The van der Waals surface area contributed by atoms with Crippen LogP contribution in [0.5, 0.6) is 11.5 Å². The van der Waals surface area contributed by atoms with Crippen molar-refractivity contribution < 1.29 is 28.6 Å². The van der Waals surface area contributed by atoms with Crippen LogP contribution in [0.15, 0.2) is 76.6 Å². The number of aromatic nitrogens is 2. The van der Waals surface area contributed by atoms with Crippen LogP contribution >= 0.6 is 23.1 Å². The van der Waals surface area contributed by atoms with Crippen molar-refractivity contribution in [2.45, 2.75) is 61.8 Å². The maximum absolute atomic E-state index is 14.2. The number of anilines is 1. The maximum atomic E-state index is 14.2. The highest BCUT2D eigenvalue weighted by atomic mass is 32.2. The van der Waals surface area contributed by atoms with Gasteiger partial charge in [0.2, 0.25) is 5.13 Å². The Morgan fingerprint density at radius 1 is 1.11 bits per heavy atom. The minimum atomic E-state index is -0.981. The highest BCUT2D eigenvalue weighted by molar-refractivity contribution is 8.00. The van der Waals surface area contributed by atoms with Gasteiger partial charge in [-0.1, -0.05) is 73.2 Å². The number of rotatable bonds is 11. The summed E-state index contributed by atoms with van der Waals surface area (Å²) in [5, 5.41) is 20.3. The monoisotopic (exact) mass is 645 g/mol. The molecule has 11 heteroatoms. The lowest BCUT2D eigenvalue weighted by molar-refractivity contribution is -0.132. The van der Waals surface area contributed by atoms with Gasteiger partial charge in [0.1, 0.15) is 29.2 Å². The van der Waals surface area contributed by atoms with Crippen LogP contribution in [0.2, 0.25) is 0 Å². The van der Waals surface area contributed by atoms with Crippen molar-refractivity contribution >= 4 is 45.7 Å². The average molecular weight is 646 g/mol. The van der Waals surface area contributed by atoms with Gasteiger partial charge < -0.3 is 14.6 Å². The van der Waals surface area contributed by atoms with Crippen LogP contribution in [-0.2, 0) is 21.8 Å². The standard InChI is InChI=1S/C34H32FN3O5S2/c1-3-4-7-15-42-25-11-8-10-21(18-25)29-28(30(39)22-13-14-27-24(17-22)16-20(2)43-27)31(40)32(41)38(29)33-36-37-34(45-33)44-19-23-9-5-6-12-26(23)35/h5-6,8-14,17-18,20,29,39H,3-4,7,15-16,19H2,1-2H3/b30-28+/t20-,29-/m0/s1. The highest BCUT2D eigenvalue weighted by Crippen LogP contribution is 2.45. The van der Waals surface area contributed by atoms with Gasteiger partial charge in [0.25, 0.3) is 5.78 Å². The molecule has 1 amide bonds. The number of halogens is 1. The Balaban J connectivity index is 1.38. The van der Waals surface area contributed by atoms with E-state index in [-0.39, 0.29) is 28.4 Å². The first kappa shape index (κ1) is 30.8. The molecule has 8 nitrogen and oxygen atoms in total. The SMILES string of the molecule is CCCCCOc1cccc([C@H]2/C(=C(\O)c3ccc4c(c3)C[C@H](C)O4)C(=O)C(=O)N2c2nnc(SCc3ccccc3F)s2)c1. The third-order valence-corrected chi connectivity index (χ3v) is 9.82. The molecular formula is C34H32FN3O5S2. The number of aliphatic hydroxyl groups excluding tert-OH is 1. The second-order valence-corrected chi connectivity index (χ2v) is 13.2. The van der Waals surface area contributed by atoms with Gasteiger partial charge in [-0.05, 0) is 66.4 Å². The van der Waals surface area contributed by atoms with Crippen LogP contribution in [-0.4, -0.2) is 39.7 Å². The van der Waals surface area contributed by atoms with Gasteiger partial charge >= 0.3 is 5.91 Å². The lowest BCUT2D eigenvalue weighted by atomic mass is 9.94. The molecule has 0 unspecified atom stereocenters. The number of carbonyl (C=O) groups is 2. The van der Waals surface area contributed by atoms with Crippen LogP contribution in [0.1, 0.15) is 61.4 Å². The fraction of sp³-hybridized carbons (Fsp3) is 0.294. The molecule has 0 saturated carbocycles. The quantitative estimate of drug-likeness (QED) is 0.0447. The number of aliphatic hydroxyl groups is 1. The summed E-state index contributed by atoms with van der Waals surface area (Å²) in [4.78, 5) is 28.7. The number of carbonyl (C=O) groups excluding carboxylic acids is 2. The fourth-order valence-corrected chi connectivity index (χ4v) is 7.35. The molecule has 0 spiro atoms. The van der Waals surface area contributed by atoms with Gasteiger partial charge in [0.05, 0.1) is 18.2 Å². The number of hydrogen-bond donors (Lipinski definition) is 1. The molecule has 2 aliphatic heterocycles. The first-order chi connectivity index (χ1) is 21.8. The van der Waals surface area contributed by atoms with E-state index in [0.29, 0.717) is 45.6 Å². The van der Waals surface area contributed by atoms with E-state index in [1.165, 1.54) is 22.7 Å². The summed E-state index contributed by atoms with van der Waals surface area (Å²) in [6.45, 7) is 4.62. The van der Waals surface area contributed by atoms with E-state index < -0.39 is 17.7 Å². The molecule has 0 aliphatic carbocycles. The second-order valence-electron chi connectivity index (χ2n) is 11.0. The van der Waals surface area contributed by atoms with E-state index in [4.69, 9.17) is 9.47 Å². The lowest BCUT2D eigenvalue weighted by Gasteiger charge is -2.23. The number of benzene rings is 3. The number of nitrogens with zero attached hydrogens (tertiary/aromatic N) is 3. The zero-order valence-corrected chi connectivity index (χ0v) is 26.5. The molecule has 2 atom stereocenters. The molecule has 0 radical (unpaired) electrons. The number of fused-ring (bicyclic) bond motifs is 1. The molecule has 6 rings (SSSR count). The fourth-order valence-electron chi connectivity index (χ4n) is 5.50. The van der Waals surface area contributed by atoms with Crippen LogP contribution in [0.4, 0.5) is 9.52 Å². The van der Waals surface area contributed by atoms with Crippen LogP contribution in [0.25, 0.3) is 5.76 Å². The smallest absolute Gasteiger partial charge is 0.301 e. The molecule has 45 heavy (non-hydrogen) atoms. The maximum Gasteiger partial charge on any atom is 0.301 e. The van der Waals surface area contributed by atoms with E-state index in [1.54, 1.807) is 54.6 Å². The Kier molecular flexibility index (Phi) is 9.18. The predicted octanol–water partition coefficient (Wildman–Crippen LogP) is 7.49. The molecule has 1 aromatic heterocycles. The zero-order valence-electron chi connectivity index (χ0n) is 24.9. The Bertz CT molecular complexity index is 1770. The van der Waals surface area contributed by atoms with Crippen LogP contribution in [0.3, 0.4) is 0 Å². The number of ether oxygens (including phenoxy) is 2. The van der Waals surface area contributed by atoms with E-state index in [2.05, 4.69) is 17.1 Å². The molecule has 1 fully saturated rings. The Morgan fingerprint density at radius 2 is 1.96 bits per heavy atom. The van der Waals surface area contributed by atoms with Crippen molar-refractivity contribution in [3.63, 3.8) is 0 Å². The summed E-state index contributed by atoms with van der Waals surface area (Å²) in [5.41, 5.74) is 2.38. The number of Topliss-reactive ketones (excluding diaryl/α,β-unsaturated/α-hetero) is 1. The minimum Gasteiger partial charge on any atom is -0.507 e. The highest BCUT2D eigenvalue weighted by Gasteiger charge is 2.48. The van der Waals surface area contributed by atoms with E-state index in [0.717, 1.165) is 41.9 Å². The lowest BCUT2D eigenvalue weighted by Crippen LogP contribution is -2.29. The summed E-state index contributed by atoms with van der Waals surface area (Å²) >= 11 is 2.41. The first-order valence-corrected chi connectivity index (χ1v) is 16.7. The predicted molar refractivity (Wildman–Crippen MR) is 172 cm³/mol.